The molecule has 1 amide bonds. The van der Waals surface area contributed by atoms with Crippen molar-refractivity contribution in [2.75, 3.05) is 12.4 Å². The molecule has 0 radical (unpaired) electrons. The molecule has 1 aromatic heterocycles. The number of carbonyl (C=O) groups excluding carboxylic acids is 1. The van der Waals surface area contributed by atoms with Crippen LogP contribution >= 0.6 is 0 Å². The predicted molar refractivity (Wildman–Crippen MR) is 95.2 cm³/mol. The highest BCUT2D eigenvalue weighted by atomic mass is 19.4. The summed E-state index contributed by atoms with van der Waals surface area (Å²) in [5.74, 6) is 0.205. The summed E-state index contributed by atoms with van der Waals surface area (Å²) in [6.45, 7) is -0.145. The zero-order chi connectivity index (χ0) is 20.1. The lowest BCUT2D eigenvalue weighted by atomic mass is 10.2. The molecule has 0 aliphatic heterocycles. The Morgan fingerprint density at radius 2 is 1.86 bits per heavy atom. The molecule has 1 heterocycles. The van der Waals surface area contributed by atoms with Gasteiger partial charge >= 0.3 is 6.18 Å². The van der Waals surface area contributed by atoms with Gasteiger partial charge < -0.3 is 14.8 Å². The van der Waals surface area contributed by atoms with E-state index in [1.807, 2.05) is 0 Å². The van der Waals surface area contributed by atoms with Gasteiger partial charge in [0.25, 0.3) is 5.91 Å². The molecule has 0 saturated heterocycles. The van der Waals surface area contributed by atoms with Crippen LogP contribution in [0.15, 0.2) is 60.8 Å². The number of nitrogens with zero attached hydrogens (tertiary/aromatic N) is 2. The van der Waals surface area contributed by atoms with Crippen LogP contribution in [0, 0.1) is 0 Å². The highest BCUT2D eigenvalue weighted by Gasteiger charge is 2.30. The van der Waals surface area contributed by atoms with Crippen LogP contribution in [0.25, 0.3) is 0 Å². The van der Waals surface area contributed by atoms with Gasteiger partial charge in [-0.3, -0.25) is 4.79 Å². The third-order valence-corrected chi connectivity index (χ3v) is 3.73. The number of rotatable bonds is 6. The van der Waals surface area contributed by atoms with Crippen LogP contribution < -0.4 is 14.8 Å². The summed E-state index contributed by atoms with van der Waals surface area (Å²) in [5.41, 5.74) is -0.126. The molecular formula is C19H16F3N3O3. The first-order valence-corrected chi connectivity index (χ1v) is 8.14. The fraction of sp³-hybridized carbons (Fsp3) is 0.158. The second kappa shape index (κ2) is 8.03. The Labute approximate surface area is 158 Å². The first-order valence-electron chi connectivity index (χ1n) is 8.14. The molecule has 0 aliphatic carbocycles. The van der Waals surface area contributed by atoms with Crippen molar-refractivity contribution in [2.24, 2.45) is 0 Å². The van der Waals surface area contributed by atoms with E-state index in [-0.39, 0.29) is 18.2 Å². The van der Waals surface area contributed by atoms with Crippen LogP contribution in [0.5, 0.6) is 11.5 Å². The van der Waals surface area contributed by atoms with E-state index in [4.69, 9.17) is 9.47 Å². The Hall–Kier alpha value is -3.49. The molecule has 146 valence electrons. The number of anilines is 1. The minimum absolute atomic E-state index is 0.0488. The smallest absolute Gasteiger partial charge is 0.416 e. The largest absolute Gasteiger partial charge is 0.497 e. The first kappa shape index (κ1) is 19.3. The molecule has 0 unspecified atom stereocenters. The number of benzene rings is 2. The highest BCUT2D eigenvalue weighted by Crippen LogP contribution is 2.31. The summed E-state index contributed by atoms with van der Waals surface area (Å²) in [5, 5.41) is 6.74. The van der Waals surface area contributed by atoms with E-state index in [0.29, 0.717) is 11.4 Å². The summed E-state index contributed by atoms with van der Waals surface area (Å²) in [4.78, 5) is 12.3. The second-order valence-corrected chi connectivity index (χ2v) is 5.73. The van der Waals surface area contributed by atoms with E-state index >= 15 is 0 Å². The van der Waals surface area contributed by atoms with Crippen molar-refractivity contribution in [3.63, 3.8) is 0 Å². The average Bonchev–Trinajstić information content (AvgIpc) is 3.15. The van der Waals surface area contributed by atoms with Crippen LogP contribution in [-0.4, -0.2) is 22.8 Å². The van der Waals surface area contributed by atoms with E-state index in [9.17, 15) is 18.0 Å². The number of carbonyl (C=O) groups is 1. The van der Waals surface area contributed by atoms with Gasteiger partial charge in [-0.15, -0.1) is 0 Å². The van der Waals surface area contributed by atoms with E-state index in [1.165, 1.54) is 36.2 Å². The first-order chi connectivity index (χ1) is 13.3. The molecule has 9 heteroatoms. The molecule has 3 aromatic rings. The topological polar surface area (TPSA) is 65.4 Å². The number of halogens is 3. The quantitative estimate of drug-likeness (QED) is 0.684. The van der Waals surface area contributed by atoms with Gasteiger partial charge in [-0.1, -0.05) is 12.1 Å². The zero-order valence-corrected chi connectivity index (χ0v) is 14.7. The minimum atomic E-state index is -4.45. The molecule has 0 spiro atoms. The highest BCUT2D eigenvalue weighted by molar-refractivity contribution is 6.02. The van der Waals surface area contributed by atoms with Gasteiger partial charge in [0, 0.05) is 18.0 Å². The molecule has 0 fully saturated rings. The van der Waals surface area contributed by atoms with Crippen molar-refractivity contribution in [1.29, 1.82) is 0 Å². The van der Waals surface area contributed by atoms with Crippen LogP contribution in [-0.2, 0) is 12.9 Å². The number of amides is 1. The maximum absolute atomic E-state index is 12.7. The van der Waals surface area contributed by atoms with E-state index < -0.39 is 17.6 Å². The van der Waals surface area contributed by atoms with Crippen molar-refractivity contribution >= 4 is 11.6 Å². The molecule has 0 atom stereocenters. The number of alkyl halides is 3. The third kappa shape index (κ3) is 4.81. The lowest BCUT2D eigenvalue weighted by molar-refractivity contribution is -0.137. The Morgan fingerprint density at radius 1 is 1.11 bits per heavy atom. The van der Waals surface area contributed by atoms with Gasteiger partial charge in [0.05, 0.1) is 12.7 Å². The predicted octanol–water partition coefficient (Wildman–Crippen LogP) is 4.20. The SMILES string of the molecule is COc1cccc(NC(=O)c2ccn(COc3cccc(C(F)(F)F)c3)n2)c1. The fourth-order valence-electron chi connectivity index (χ4n) is 2.35. The lowest BCUT2D eigenvalue weighted by Crippen LogP contribution is -2.14. The molecule has 0 aliphatic rings. The summed E-state index contributed by atoms with van der Waals surface area (Å²) >= 11 is 0. The van der Waals surface area contributed by atoms with Gasteiger partial charge in [0.15, 0.2) is 12.4 Å². The Morgan fingerprint density at radius 3 is 2.61 bits per heavy atom. The molecule has 2 aromatic carbocycles. The zero-order valence-electron chi connectivity index (χ0n) is 14.7. The summed E-state index contributed by atoms with van der Waals surface area (Å²) in [6.07, 6.45) is -2.95. The molecular weight excluding hydrogens is 375 g/mol. The number of hydrogen-bond donors (Lipinski definition) is 1. The van der Waals surface area contributed by atoms with Gasteiger partial charge in [0.1, 0.15) is 11.5 Å². The minimum Gasteiger partial charge on any atom is -0.497 e. The summed E-state index contributed by atoms with van der Waals surface area (Å²) in [6, 6.07) is 12.8. The lowest BCUT2D eigenvalue weighted by Gasteiger charge is -2.10. The van der Waals surface area contributed by atoms with Gasteiger partial charge in [-0.05, 0) is 36.4 Å². The van der Waals surface area contributed by atoms with Crippen LogP contribution in [0.2, 0.25) is 0 Å². The normalized spacial score (nSPS) is 11.1. The number of methoxy groups -OCH3 is 1. The van der Waals surface area contributed by atoms with Crippen molar-refractivity contribution in [2.45, 2.75) is 12.9 Å². The van der Waals surface area contributed by atoms with Crippen molar-refractivity contribution < 1.29 is 27.4 Å². The number of hydrogen-bond acceptors (Lipinski definition) is 4. The molecule has 0 saturated carbocycles. The van der Waals surface area contributed by atoms with Crippen molar-refractivity contribution in [1.82, 2.24) is 9.78 Å². The van der Waals surface area contributed by atoms with Crippen LogP contribution in [0.1, 0.15) is 16.1 Å². The van der Waals surface area contributed by atoms with Gasteiger partial charge in [-0.2, -0.15) is 18.3 Å². The van der Waals surface area contributed by atoms with Crippen LogP contribution in [0.4, 0.5) is 18.9 Å². The average molecular weight is 391 g/mol. The molecule has 1 N–H and O–H groups in total. The van der Waals surface area contributed by atoms with Crippen molar-refractivity contribution in [3.05, 3.63) is 72.1 Å². The Bertz CT molecular complexity index is 970. The fourth-order valence-corrected chi connectivity index (χ4v) is 2.35. The van der Waals surface area contributed by atoms with E-state index in [1.54, 1.807) is 24.3 Å². The van der Waals surface area contributed by atoms with Crippen LogP contribution in [0.3, 0.4) is 0 Å². The molecule has 3 rings (SSSR count). The number of ether oxygens (including phenoxy) is 2. The van der Waals surface area contributed by atoms with E-state index in [2.05, 4.69) is 10.4 Å². The number of aromatic nitrogens is 2. The Kier molecular flexibility index (Phi) is 5.53. The maximum Gasteiger partial charge on any atom is 0.416 e. The maximum atomic E-state index is 12.7. The Balaban J connectivity index is 1.62. The molecule has 28 heavy (non-hydrogen) atoms. The van der Waals surface area contributed by atoms with Crippen molar-refractivity contribution in [3.8, 4) is 11.5 Å². The summed E-state index contributed by atoms with van der Waals surface area (Å²) < 4.78 is 49.9. The number of nitrogens with one attached hydrogen (secondary N) is 1. The van der Waals surface area contributed by atoms with E-state index in [0.717, 1.165) is 12.1 Å². The standard InChI is InChI=1S/C19H16F3N3O3/c1-27-15-6-3-5-14(11-15)23-18(26)17-8-9-25(24-17)12-28-16-7-2-4-13(10-16)19(20,21)22/h2-11H,12H2,1H3,(H,23,26). The van der Waals surface area contributed by atoms with Gasteiger partial charge in [0.2, 0.25) is 0 Å². The third-order valence-electron chi connectivity index (χ3n) is 3.73. The molecule has 0 bridgehead atoms. The molecule has 6 nitrogen and oxygen atoms in total. The summed E-state index contributed by atoms with van der Waals surface area (Å²) in [7, 11) is 1.52. The van der Waals surface area contributed by atoms with Gasteiger partial charge in [-0.25, -0.2) is 4.68 Å². The second-order valence-electron chi connectivity index (χ2n) is 5.73. The monoisotopic (exact) mass is 391 g/mol.